The number of urea groups is 1. The molecular formula is C10H10BrClN2O4. The molecule has 0 heterocycles. The summed E-state index contributed by atoms with van der Waals surface area (Å²) in [6.45, 7) is -0.695. The van der Waals surface area contributed by atoms with Gasteiger partial charge in [-0.25, -0.2) is 9.59 Å². The third-order valence-electron chi connectivity index (χ3n) is 1.99. The fourth-order valence-electron chi connectivity index (χ4n) is 1.10. The summed E-state index contributed by atoms with van der Waals surface area (Å²) >= 11 is 9.01. The lowest BCUT2D eigenvalue weighted by atomic mass is 10.3. The predicted molar refractivity (Wildman–Crippen MR) is 69.8 cm³/mol. The fraction of sp³-hybridized carbons (Fsp3) is 0.200. The topological polar surface area (TPSA) is 98.7 Å². The Hall–Kier alpha value is -1.31. The molecule has 0 spiro atoms. The van der Waals surface area contributed by atoms with E-state index in [2.05, 4.69) is 26.6 Å². The minimum atomic E-state index is -1.36. The summed E-state index contributed by atoms with van der Waals surface area (Å²) in [5, 5.41) is 22.3. The summed E-state index contributed by atoms with van der Waals surface area (Å²) < 4.78 is 0.484. The monoisotopic (exact) mass is 336 g/mol. The molecule has 0 aliphatic rings. The van der Waals surface area contributed by atoms with Crippen molar-refractivity contribution >= 4 is 45.2 Å². The maximum atomic E-state index is 11.5. The molecule has 1 rings (SSSR count). The lowest BCUT2D eigenvalue weighted by molar-refractivity contribution is -0.140. The van der Waals surface area contributed by atoms with Crippen molar-refractivity contribution in [3.8, 4) is 0 Å². The number of amides is 2. The van der Waals surface area contributed by atoms with E-state index in [1.165, 1.54) is 0 Å². The number of carbonyl (C=O) groups excluding carboxylic acids is 1. The lowest BCUT2D eigenvalue weighted by Crippen LogP contribution is -2.45. The van der Waals surface area contributed by atoms with Crippen molar-refractivity contribution in [3.63, 3.8) is 0 Å². The van der Waals surface area contributed by atoms with Crippen molar-refractivity contribution in [2.45, 2.75) is 6.04 Å². The van der Waals surface area contributed by atoms with E-state index in [1.54, 1.807) is 18.2 Å². The number of carboxylic acid groups (broad SMARTS) is 1. The Morgan fingerprint density at radius 1 is 1.44 bits per heavy atom. The van der Waals surface area contributed by atoms with Gasteiger partial charge in [0, 0.05) is 0 Å². The number of carboxylic acids is 1. The van der Waals surface area contributed by atoms with Gasteiger partial charge in [0.2, 0.25) is 0 Å². The van der Waals surface area contributed by atoms with Gasteiger partial charge < -0.3 is 20.8 Å². The third-order valence-corrected chi connectivity index (χ3v) is 3.38. The molecule has 0 saturated carbocycles. The van der Waals surface area contributed by atoms with Crippen LogP contribution in [0.3, 0.4) is 0 Å². The molecule has 4 N–H and O–H groups in total. The molecule has 0 saturated heterocycles. The van der Waals surface area contributed by atoms with Crippen LogP contribution in [-0.4, -0.2) is 34.9 Å². The smallest absolute Gasteiger partial charge is 0.328 e. The van der Waals surface area contributed by atoms with Gasteiger partial charge in [-0.1, -0.05) is 17.7 Å². The van der Waals surface area contributed by atoms with Crippen LogP contribution >= 0.6 is 27.5 Å². The van der Waals surface area contributed by atoms with E-state index in [-0.39, 0.29) is 0 Å². The molecule has 8 heteroatoms. The Bertz CT molecular complexity index is 469. The van der Waals surface area contributed by atoms with E-state index in [9.17, 15) is 9.59 Å². The van der Waals surface area contributed by atoms with Crippen LogP contribution in [0.1, 0.15) is 0 Å². The Labute approximate surface area is 116 Å². The number of aliphatic hydroxyl groups excluding tert-OH is 1. The zero-order valence-corrected chi connectivity index (χ0v) is 11.3. The predicted octanol–water partition coefficient (Wildman–Crippen LogP) is 1.67. The molecule has 1 aromatic rings. The third kappa shape index (κ3) is 3.86. The first-order valence-electron chi connectivity index (χ1n) is 4.81. The van der Waals surface area contributed by atoms with Gasteiger partial charge in [0.25, 0.3) is 0 Å². The van der Waals surface area contributed by atoms with E-state index in [4.69, 9.17) is 21.8 Å². The van der Waals surface area contributed by atoms with Crippen molar-refractivity contribution in [2.75, 3.05) is 11.9 Å². The number of anilines is 1. The Morgan fingerprint density at radius 3 is 2.67 bits per heavy atom. The highest BCUT2D eigenvalue weighted by Crippen LogP contribution is 2.29. The first kappa shape index (κ1) is 14.7. The molecule has 1 aromatic carbocycles. The van der Waals surface area contributed by atoms with Crippen molar-refractivity contribution < 1.29 is 19.8 Å². The van der Waals surface area contributed by atoms with Gasteiger partial charge >= 0.3 is 12.0 Å². The molecule has 2 amide bonds. The zero-order valence-electron chi connectivity index (χ0n) is 8.98. The molecule has 98 valence electrons. The first-order valence-corrected chi connectivity index (χ1v) is 5.98. The van der Waals surface area contributed by atoms with E-state index in [1.807, 2.05) is 0 Å². The summed E-state index contributed by atoms with van der Waals surface area (Å²) in [7, 11) is 0. The van der Waals surface area contributed by atoms with Crippen molar-refractivity contribution in [2.24, 2.45) is 0 Å². The number of nitrogens with one attached hydrogen (secondary N) is 2. The highest BCUT2D eigenvalue weighted by Gasteiger charge is 2.19. The van der Waals surface area contributed by atoms with Gasteiger partial charge in [-0.15, -0.1) is 0 Å². The minimum absolute atomic E-state index is 0.391. The van der Waals surface area contributed by atoms with Crippen LogP contribution in [0.5, 0.6) is 0 Å². The Kier molecular flexibility index (Phi) is 5.39. The molecule has 0 unspecified atom stereocenters. The van der Waals surface area contributed by atoms with Gasteiger partial charge in [0.1, 0.15) is 0 Å². The number of benzene rings is 1. The fourth-order valence-corrected chi connectivity index (χ4v) is 1.64. The summed E-state index contributed by atoms with van der Waals surface area (Å²) in [5.74, 6) is -1.32. The molecule has 0 bridgehead atoms. The SMILES string of the molecule is O=C(Nc1cccc(Cl)c1Br)N[C@H](CO)C(=O)O. The summed E-state index contributed by atoms with van der Waals surface area (Å²) in [6, 6.07) is 2.73. The standard InChI is InChI=1S/C10H10BrClN2O4/c11-8-5(12)2-1-3-6(8)13-10(18)14-7(4-15)9(16)17/h1-3,7,15H,4H2,(H,16,17)(H2,13,14,18)/t7-/m1/s1. The second kappa shape index (κ2) is 6.58. The molecule has 0 aromatic heterocycles. The number of aliphatic carboxylic acids is 1. The van der Waals surface area contributed by atoms with E-state index in [0.717, 1.165) is 0 Å². The van der Waals surface area contributed by atoms with Crippen LogP contribution in [0.15, 0.2) is 22.7 Å². The average Bonchev–Trinajstić information content (AvgIpc) is 2.31. The largest absolute Gasteiger partial charge is 0.480 e. The highest BCUT2D eigenvalue weighted by molar-refractivity contribution is 9.10. The molecule has 6 nitrogen and oxygen atoms in total. The first-order chi connectivity index (χ1) is 8.45. The van der Waals surface area contributed by atoms with Gasteiger partial charge in [-0.3, -0.25) is 0 Å². The van der Waals surface area contributed by atoms with E-state index >= 15 is 0 Å². The number of hydrogen-bond acceptors (Lipinski definition) is 3. The normalized spacial score (nSPS) is 11.7. The number of halogens is 2. The van der Waals surface area contributed by atoms with Crippen molar-refractivity contribution in [1.29, 1.82) is 0 Å². The maximum Gasteiger partial charge on any atom is 0.328 e. The van der Waals surface area contributed by atoms with E-state index in [0.29, 0.717) is 15.2 Å². The number of carbonyl (C=O) groups is 2. The molecular weight excluding hydrogens is 327 g/mol. The second-order valence-electron chi connectivity index (χ2n) is 3.27. The summed E-state index contributed by atoms with van der Waals surface area (Å²) in [6.07, 6.45) is 0. The molecule has 0 radical (unpaired) electrons. The lowest BCUT2D eigenvalue weighted by Gasteiger charge is -2.13. The van der Waals surface area contributed by atoms with Gasteiger partial charge in [0.05, 0.1) is 21.8 Å². The molecule has 1 atom stereocenters. The van der Waals surface area contributed by atoms with Gasteiger partial charge in [0.15, 0.2) is 6.04 Å². The molecule has 0 aliphatic carbocycles. The van der Waals surface area contributed by atoms with Crippen molar-refractivity contribution in [1.82, 2.24) is 5.32 Å². The van der Waals surface area contributed by atoms with Crippen LogP contribution in [-0.2, 0) is 4.79 Å². The summed E-state index contributed by atoms with van der Waals surface area (Å²) in [5.41, 5.74) is 0.391. The van der Waals surface area contributed by atoms with Crippen LogP contribution in [0, 0.1) is 0 Å². The molecule has 0 fully saturated rings. The summed E-state index contributed by atoms with van der Waals surface area (Å²) in [4.78, 5) is 22.1. The van der Waals surface area contributed by atoms with Crippen LogP contribution in [0.2, 0.25) is 5.02 Å². The average molecular weight is 338 g/mol. The quantitative estimate of drug-likeness (QED) is 0.671. The van der Waals surface area contributed by atoms with Gasteiger partial charge in [-0.2, -0.15) is 0 Å². The second-order valence-corrected chi connectivity index (χ2v) is 4.47. The molecule has 18 heavy (non-hydrogen) atoms. The van der Waals surface area contributed by atoms with Crippen molar-refractivity contribution in [3.05, 3.63) is 27.7 Å². The number of hydrogen-bond donors (Lipinski definition) is 4. The maximum absolute atomic E-state index is 11.5. The van der Waals surface area contributed by atoms with Crippen LogP contribution in [0.25, 0.3) is 0 Å². The Morgan fingerprint density at radius 2 is 2.11 bits per heavy atom. The molecule has 0 aliphatic heterocycles. The zero-order chi connectivity index (χ0) is 13.7. The van der Waals surface area contributed by atoms with E-state index < -0.39 is 24.6 Å². The Balaban J connectivity index is 2.70. The van der Waals surface area contributed by atoms with Crippen LogP contribution < -0.4 is 10.6 Å². The van der Waals surface area contributed by atoms with Gasteiger partial charge in [-0.05, 0) is 28.1 Å². The minimum Gasteiger partial charge on any atom is -0.480 e. The van der Waals surface area contributed by atoms with Crippen LogP contribution in [0.4, 0.5) is 10.5 Å². The number of rotatable bonds is 4. The highest BCUT2D eigenvalue weighted by atomic mass is 79.9. The number of aliphatic hydroxyl groups is 1.